The third-order valence-corrected chi connectivity index (χ3v) is 5.31. The van der Waals surface area contributed by atoms with Gasteiger partial charge in [0.25, 0.3) is 0 Å². The number of amides is 1. The van der Waals surface area contributed by atoms with Gasteiger partial charge >= 0.3 is 12.1 Å². The lowest BCUT2D eigenvalue weighted by molar-refractivity contribution is -0.142. The molecule has 1 amide bonds. The zero-order valence-corrected chi connectivity index (χ0v) is 19.1. The number of carbonyl (C=O) groups is 2. The standard InChI is InChI=1S/C26H35NO5/c1-3-10-23(25(28)29)17-16-20(2)32-24-15-8-7-13-22(24)14-9-18-27-26(30)31-19-21-11-5-4-6-12-21/h4-8,11-13,15,20,23H,3,9-10,14,16-19H2,1-2H3,(H,27,30)(H,28,29)/t20-,23-/m1/s1. The number of carboxylic acids is 1. The first-order chi connectivity index (χ1) is 15.5. The number of alkyl carbamates (subject to hydrolysis) is 1. The summed E-state index contributed by atoms with van der Waals surface area (Å²) in [4.78, 5) is 23.2. The van der Waals surface area contributed by atoms with Crippen LogP contribution in [0.15, 0.2) is 54.6 Å². The summed E-state index contributed by atoms with van der Waals surface area (Å²) in [7, 11) is 0. The van der Waals surface area contributed by atoms with Crippen LogP contribution in [0.1, 0.15) is 57.1 Å². The minimum atomic E-state index is -0.728. The van der Waals surface area contributed by atoms with Crippen LogP contribution < -0.4 is 10.1 Å². The molecule has 0 unspecified atom stereocenters. The van der Waals surface area contributed by atoms with Crippen molar-refractivity contribution in [2.24, 2.45) is 5.92 Å². The summed E-state index contributed by atoms with van der Waals surface area (Å²) in [5.41, 5.74) is 2.02. The van der Waals surface area contributed by atoms with Crippen molar-refractivity contribution in [3.63, 3.8) is 0 Å². The van der Waals surface area contributed by atoms with Crippen LogP contribution in [-0.4, -0.2) is 29.8 Å². The second-order valence-corrected chi connectivity index (χ2v) is 8.03. The molecule has 0 saturated heterocycles. The number of para-hydroxylation sites is 1. The Morgan fingerprint density at radius 2 is 1.72 bits per heavy atom. The first-order valence-corrected chi connectivity index (χ1v) is 11.4. The number of aliphatic carboxylic acids is 1. The van der Waals surface area contributed by atoms with E-state index >= 15 is 0 Å². The monoisotopic (exact) mass is 441 g/mol. The van der Waals surface area contributed by atoms with Gasteiger partial charge < -0.3 is 19.9 Å². The molecule has 6 nitrogen and oxygen atoms in total. The summed E-state index contributed by atoms with van der Waals surface area (Å²) in [6.45, 7) is 4.74. The number of benzene rings is 2. The molecule has 0 radical (unpaired) electrons. The van der Waals surface area contributed by atoms with E-state index in [1.54, 1.807) is 0 Å². The molecule has 2 rings (SSSR count). The molecular weight excluding hydrogens is 406 g/mol. The van der Waals surface area contributed by atoms with Gasteiger partial charge in [-0.1, -0.05) is 61.9 Å². The van der Waals surface area contributed by atoms with Crippen LogP contribution in [0.3, 0.4) is 0 Å². The molecule has 174 valence electrons. The number of carboxylic acid groups (broad SMARTS) is 1. The van der Waals surface area contributed by atoms with E-state index in [1.807, 2.05) is 68.4 Å². The Hall–Kier alpha value is -3.02. The maximum absolute atomic E-state index is 11.9. The molecule has 0 aliphatic rings. The van der Waals surface area contributed by atoms with Gasteiger partial charge in [0.1, 0.15) is 12.4 Å². The fourth-order valence-electron chi connectivity index (χ4n) is 3.52. The van der Waals surface area contributed by atoms with Crippen LogP contribution >= 0.6 is 0 Å². The molecule has 0 fully saturated rings. The fraction of sp³-hybridized carbons (Fsp3) is 0.462. The van der Waals surface area contributed by atoms with E-state index in [0.29, 0.717) is 25.8 Å². The quantitative estimate of drug-likeness (QED) is 0.373. The molecule has 0 aromatic heterocycles. The highest BCUT2D eigenvalue weighted by Gasteiger charge is 2.18. The zero-order chi connectivity index (χ0) is 23.2. The lowest BCUT2D eigenvalue weighted by atomic mass is 9.96. The molecule has 2 aromatic rings. The molecule has 32 heavy (non-hydrogen) atoms. The molecule has 2 atom stereocenters. The van der Waals surface area contributed by atoms with E-state index in [4.69, 9.17) is 9.47 Å². The number of rotatable bonds is 14. The van der Waals surface area contributed by atoms with Crippen molar-refractivity contribution < 1.29 is 24.2 Å². The first-order valence-electron chi connectivity index (χ1n) is 11.4. The molecule has 0 bridgehead atoms. The maximum atomic E-state index is 11.9. The zero-order valence-electron chi connectivity index (χ0n) is 19.1. The summed E-state index contributed by atoms with van der Waals surface area (Å²) < 4.78 is 11.3. The number of nitrogens with one attached hydrogen (secondary N) is 1. The summed E-state index contributed by atoms with van der Waals surface area (Å²) in [6.07, 6.45) is 3.89. The molecule has 0 spiro atoms. The number of aryl methyl sites for hydroxylation is 1. The maximum Gasteiger partial charge on any atom is 0.407 e. The normalized spacial score (nSPS) is 12.6. The fourth-order valence-corrected chi connectivity index (χ4v) is 3.52. The molecule has 2 aromatic carbocycles. The Morgan fingerprint density at radius 3 is 2.44 bits per heavy atom. The number of hydrogen-bond donors (Lipinski definition) is 2. The van der Waals surface area contributed by atoms with Gasteiger partial charge in [-0.15, -0.1) is 0 Å². The number of ether oxygens (including phenoxy) is 2. The highest BCUT2D eigenvalue weighted by atomic mass is 16.5. The van der Waals surface area contributed by atoms with Crippen molar-refractivity contribution in [2.75, 3.05) is 6.54 Å². The van der Waals surface area contributed by atoms with Gasteiger partial charge in [-0.05, 0) is 56.2 Å². The van der Waals surface area contributed by atoms with Crippen LogP contribution in [0, 0.1) is 5.92 Å². The van der Waals surface area contributed by atoms with Crippen LogP contribution in [0.5, 0.6) is 5.75 Å². The van der Waals surface area contributed by atoms with Gasteiger partial charge in [0, 0.05) is 6.54 Å². The van der Waals surface area contributed by atoms with Gasteiger partial charge in [-0.2, -0.15) is 0 Å². The largest absolute Gasteiger partial charge is 0.490 e. The minimum Gasteiger partial charge on any atom is -0.490 e. The van der Waals surface area contributed by atoms with Crippen molar-refractivity contribution in [1.29, 1.82) is 0 Å². The van der Waals surface area contributed by atoms with E-state index < -0.39 is 12.1 Å². The highest BCUT2D eigenvalue weighted by molar-refractivity contribution is 5.69. The second-order valence-electron chi connectivity index (χ2n) is 8.03. The van der Waals surface area contributed by atoms with Crippen LogP contribution in [-0.2, 0) is 22.6 Å². The number of carbonyl (C=O) groups excluding carboxylic acids is 1. The molecule has 0 aliphatic carbocycles. The van der Waals surface area contributed by atoms with Crippen LogP contribution in [0.2, 0.25) is 0 Å². The Bertz CT molecular complexity index is 824. The molecule has 0 heterocycles. The summed E-state index contributed by atoms with van der Waals surface area (Å²) in [6, 6.07) is 17.4. The minimum absolute atomic E-state index is 0.0686. The summed E-state index contributed by atoms with van der Waals surface area (Å²) in [5, 5.41) is 12.1. The lowest BCUT2D eigenvalue weighted by Crippen LogP contribution is -2.25. The van der Waals surface area contributed by atoms with Gasteiger partial charge in [0.15, 0.2) is 0 Å². The first kappa shape index (κ1) is 25.2. The third-order valence-electron chi connectivity index (χ3n) is 5.31. The van der Waals surface area contributed by atoms with E-state index in [-0.39, 0.29) is 18.6 Å². The van der Waals surface area contributed by atoms with Gasteiger partial charge in [-0.25, -0.2) is 4.79 Å². The Balaban J connectivity index is 1.73. The predicted octanol–water partition coefficient (Wildman–Crippen LogP) is 5.59. The van der Waals surface area contributed by atoms with Gasteiger partial charge in [0.05, 0.1) is 12.0 Å². The Labute approximate surface area is 190 Å². The molecule has 2 N–H and O–H groups in total. The summed E-state index contributed by atoms with van der Waals surface area (Å²) >= 11 is 0. The SMILES string of the molecule is CCC[C@H](CC[C@@H](C)Oc1ccccc1CCCNC(=O)OCc1ccccc1)C(=O)O. The molecule has 0 aliphatic heterocycles. The van der Waals surface area contributed by atoms with E-state index in [0.717, 1.165) is 36.1 Å². The predicted molar refractivity (Wildman–Crippen MR) is 125 cm³/mol. The second kappa shape index (κ2) is 14.1. The van der Waals surface area contributed by atoms with Crippen molar-refractivity contribution in [2.45, 2.75) is 65.1 Å². The average molecular weight is 442 g/mol. The van der Waals surface area contributed by atoms with E-state index in [1.165, 1.54) is 0 Å². The van der Waals surface area contributed by atoms with Crippen molar-refractivity contribution in [3.05, 3.63) is 65.7 Å². The topological polar surface area (TPSA) is 84.9 Å². The van der Waals surface area contributed by atoms with Crippen molar-refractivity contribution in [3.8, 4) is 5.75 Å². The highest BCUT2D eigenvalue weighted by Crippen LogP contribution is 2.23. The number of hydrogen-bond acceptors (Lipinski definition) is 4. The van der Waals surface area contributed by atoms with Gasteiger partial charge in [-0.3, -0.25) is 4.79 Å². The lowest BCUT2D eigenvalue weighted by Gasteiger charge is -2.19. The Kier molecular flexibility index (Phi) is 11.1. The van der Waals surface area contributed by atoms with Crippen molar-refractivity contribution in [1.82, 2.24) is 5.32 Å². The smallest absolute Gasteiger partial charge is 0.407 e. The molecule has 6 heteroatoms. The van der Waals surface area contributed by atoms with Crippen LogP contribution in [0.4, 0.5) is 4.79 Å². The van der Waals surface area contributed by atoms with E-state index in [9.17, 15) is 14.7 Å². The third kappa shape index (κ3) is 9.41. The average Bonchev–Trinajstić information content (AvgIpc) is 2.79. The Morgan fingerprint density at radius 1 is 1.00 bits per heavy atom. The summed E-state index contributed by atoms with van der Waals surface area (Å²) in [5.74, 6) is -0.225. The van der Waals surface area contributed by atoms with Crippen molar-refractivity contribution >= 4 is 12.1 Å². The van der Waals surface area contributed by atoms with Crippen LogP contribution in [0.25, 0.3) is 0 Å². The van der Waals surface area contributed by atoms with Gasteiger partial charge in [0.2, 0.25) is 0 Å². The molecular formula is C26H35NO5. The van der Waals surface area contributed by atoms with E-state index in [2.05, 4.69) is 5.32 Å². The molecule has 0 saturated carbocycles.